The average Bonchev–Trinajstić information content (AvgIpc) is 3.01. The van der Waals surface area contributed by atoms with Gasteiger partial charge in [0.1, 0.15) is 15.4 Å². The average molecular weight is 304 g/mol. The highest BCUT2D eigenvalue weighted by Gasteiger charge is 2.17. The van der Waals surface area contributed by atoms with Crippen molar-refractivity contribution >= 4 is 44.5 Å². The second-order valence-corrected chi connectivity index (χ2v) is 6.26. The molecule has 0 aliphatic carbocycles. The smallest absolute Gasteiger partial charge is 0.263 e. The largest absolute Gasteiger partial charge is 0.396 e. The van der Waals surface area contributed by atoms with Crippen molar-refractivity contribution in [1.82, 2.24) is 15.3 Å². The van der Waals surface area contributed by atoms with Gasteiger partial charge in [0.05, 0.1) is 16.9 Å². The molecule has 3 N–H and O–H groups in total. The van der Waals surface area contributed by atoms with Crippen LogP contribution < -0.4 is 11.1 Å². The maximum absolute atomic E-state index is 12.2. The fourth-order valence-corrected chi connectivity index (χ4v) is 3.55. The fourth-order valence-electron chi connectivity index (χ4n) is 1.84. The molecule has 3 aromatic rings. The summed E-state index contributed by atoms with van der Waals surface area (Å²) in [5.74, 6) is -0.182. The van der Waals surface area contributed by atoms with Crippen molar-refractivity contribution in [1.29, 1.82) is 0 Å². The van der Waals surface area contributed by atoms with Crippen molar-refractivity contribution in [3.8, 4) is 0 Å². The summed E-state index contributed by atoms with van der Waals surface area (Å²) in [5, 5.41) is 5.68. The third-order valence-corrected chi connectivity index (χ3v) is 4.88. The number of carbonyl (C=O) groups excluding carboxylic acids is 1. The molecule has 0 aliphatic rings. The SMILES string of the molecule is Cc1csc(CNC(=O)c2sc3cccnc3c2N)n1. The molecular weight excluding hydrogens is 292 g/mol. The van der Waals surface area contributed by atoms with E-state index in [4.69, 9.17) is 5.73 Å². The molecule has 1 amide bonds. The third kappa shape index (κ3) is 2.37. The molecule has 3 rings (SSSR count). The first-order valence-corrected chi connectivity index (χ1v) is 7.67. The number of pyridine rings is 1. The molecule has 0 spiro atoms. The lowest BCUT2D eigenvalue weighted by Gasteiger charge is -2.01. The van der Waals surface area contributed by atoms with Gasteiger partial charge in [-0.1, -0.05) is 0 Å². The first-order chi connectivity index (χ1) is 9.65. The molecule has 0 fully saturated rings. The van der Waals surface area contributed by atoms with E-state index in [1.54, 1.807) is 6.20 Å². The first kappa shape index (κ1) is 13.0. The number of amides is 1. The molecule has 3 heterocycles. The van der Waals surface area contributed by atoms with E-state index in [0.29, 0.717) is 22.6 Å². The van der Waals surface area contributed by atoms with Gasteiger partial charge >= 0.3 is 0 Å². The lowest BCUT2D eigenvalue weighted by atomic mass is 10.3. The lowest BCUT2D eigenvalue weighted by molar-refractivity contribution is 0.0956. The summed E-state index contributed by atoms with van der Waals surface area (Å²) >= 11 is 2.89. The number of thiazole rings is 1. The van der Waals surface area contributed by atoms with E-state index < -0.39 is 0 Å². The molecule has 0 radical (unpaired) electrons. The van der Waals surface area contributed by atoms with Crippen LogP contribution >= 0.6 is 22.7 Å². The molecule has 102 valence electrons. The topological polar surface area (TPSA) is 80.9 Å². The molecule has 0 saturated carbocycles. The number of nitrogen functional groups attached to an aromatic ring is 1. The van der Waals surface area contributed by atoms with Crippen molar-refractivity contribution in [2.45, 2.75) is 13.5 Å². The molecular formula is C13H12N4OS2. The highest BCUT2D eigenvalue weighted by molar-refractivity contribution is 7.21. The number of nitrogens with zero attached hydrogens (tertiary/aromatic N) is 2. The maximum atomic E-state index is 12.2. The molecule has 20 heavy (non-hydrogen) atoms. The molecule has 0 unspecified atom stereocenters. The van der Waals surface area contributed by atoms with Crippen LogP contribution in [0.4, 0.5) is 5.69 Å². The highest BCUT2D eigenvalue weighted by Crippen LogP contribution is 2.31. The standard InChI is InChI=1S/C13H12N4OS2/c1-7-6-19-9(17-7)5-16-13(18)12-10(14)11-8(20-12)3-2-4-15-11/h2-4,6H,5,14H2,1H3,(H,16,18). The number of hydrogen-bond acceptors (Lipinski definition) is 6. The fraction of sp³-hybridized carbons (Fsp3) is 0.154. The van der Waals surface area contributed by atoms with Gasteiger partial charge in [-0.15, -0.1) is 22.7 Å². The van der Waals surface area contributed by atoms with Crippen LogP contribution in [0.25, 0.3) is 10.2 Å². The van der Waals surface area contributed by atoms with Crippen LogP contribution in [-0.2, 0) is 6.54 Å². The molecule has 3 aromatic heterocycles. The number of fused-ring (bicyclic) bond motifs is 1. The summed E-state index contributed by atoms with van der Waals surface area (Å²) in [5.41, 5.74) is 8.08. The minimum absolute atomic E-state index is 0.182. The Morgan fingerprint density at radius 1 is 1.50 bits per heavy atom. The predicted molar refractivity (Wildman–Crippen MR) is 82.1 cm³/mol. The minimum atomic E-state index is -0.182. The monoisotopic (exact) mass is 304 g/mol. The summed E-state index contributed by atoms with van der Waals surface area (Å²) in [4.78, 5) is 21.2. The number of carbonyl (C=O) groups is 1. The van der Waals surface area contributed by atoms with Crippen LogP contribution in [0.3, 0.4) is 0 Å². The summed E-state index contributed by atoms with van der Waals surface area (Å²) in [6.45, 7) is 2.34. The summed E-state index contributed by atoms with van der Waals surface area (Å²) in [7, 11) is 0. The Morgan fingerprint density at radius 2 is 2.35 bits per heavy atom. The number of anilines is 1. The summed E-state index contributed by atoms with van der Waals surface area (Å²) in [6, 6.07) is 3.74. The van der Waals surface area contributed by atoms with Crippen LogP contribution in [0.1, 0.15) is 20.4 Å². The Labute approximate surface area is 123 Å². The van der Waals surface area contributed by atoms with E-state index in [9.17, 15) is 4.79 Å². The van der Waals surface area contributed by atoms with Gasteiger partial charge in [0.2, 0.25) is 0 Å². The van der Waals surface area contributed by atoms with E-state index in [1.165, 1.54) is 22.7 Å². The van der Waals surface area contributed by atoms with Crippen molar-refractivity contribution in [2.24, 2.45) is 0 Å². The molecule has 7 heteroatoms. The number of hydrogen-bond donors (Lipinski definition) is 2. The number of nitrogens with one attached hydrogen (secondary N) is 1. The minimum Gasteiger partial charge on any atom is -0.396 e. The third-order valence-electron chi connectivity index (χ3n) is 2.76. The quantitative estimate of drug-likeness (QED) is 0.779. The molecule has 0 aromatic carbocycles. The van der Waals surface area contributed by atoms with E-state index in [1.807, 2.05) is 24.4 Å². The van der Waals surface area contributed by atoms with Crippen LogP contribution in [0, 0.1) is 6.92 Å². The maximum Gasteiger partial charge on any atom is 0.263 e. The normalized spacial score (nSPS) is 10.8. The van der Waals surface area contributed by atoms with Gasteiger partial charge in [0, 0.05) is 17.3 Å². The van der Waals surface area contributed by atoms with Crippen molar-refractivity contribution < 1.29 is 4.79 Å². The Kier molecular flexibility index (Phi) is 3.37. The predicted octanol–water partition coefficient (Wildman–Crippen LogP) is 2.57. The van der Waals surface area contributed by atoms with E-state index in [-0.39, 0.29) is 5.91 Å². The lowest BCUT2D eigenvalue weighted by Crippen LogP contribution is -2.22. The zero-order valence-corrected chi connectivity index (χ0v) is 12.3. The summed E-state index contributed by atoms with van der Waals surface area (Å²) < 4.78 is 0.917. The van der Waals surface area contributed by atoms with Gasteiger partial charge in [0.15, 0.2) is 0 Å². The number of nitrogens with two attached hydrogens (primary N) is 1. The molecule has 0 bridgehead atoms. The first-order valence-electron chi connectivity index (χ1n) is 5.97. The number of rotatable bonds is 3. The van der Waals surface area contributed by atoms with Gasteiger partial charge in [-0.25, -0.2) is 4.98 Å². The molecule has 0 atom stereocenters. The van der Waals surface area contributed by atoms with Gasteiger partial charge in [0.25, 0.3) is 5.91 Å². The van der Waals surface area contributed by atoms with Gasteiger partial charge in [-0.05, 0) is 19.1 Å². The van der Waals surface area contributed by atoms with E-state index >= 15 is 0 Å². The van der Waals surface area contributed by atoms with Crippen LogP contribution in [0.2, 0.25) is 0 Å². The van der Waals surface area contributed by atoms with Crippen molar-refractivity contribution in [3.63, 3.8) is 0 Å². The number of aryl methyl sites for hydroxylation is 1. The van der Waals surface area contributed by atoms with Crippen LogP contribution in [0.15, 0.2) is 23.7 Å². The van der Waals surface area contributed by atoms with Crippen LogP contribution in [-0.4, -0.2) is 15.9 Å². The Hall–Kier alpha value is -1.99. The zero-order chi connectivity index (χ0) is 14.1. The molecule has 5 nitrogen and oxygen atoms in total. The van der Waals surface area contributed by atoms with E-state index in [2.05, 4.69) is 15.3 Å². The van der Waals surface area contributed by atoms with Crippen molar-refractivity contribution in [2.75, 3.05) is 5.73 Å². The van der Waals surface area contributed by atoms with Crippen LogP contribution in [0.5, 0.6) is 0 Å². The molecule has 0 aliphatic heterocycles. The van der Waals surface area contributed by atoms with Gasteiger partial charge < -0.3 is 11.1 Å². The number of aromatic nitrogens is 2. The Balaban J connectivity index is 1.80. The number of thiophene rings is 1. The summed E-state index contributed by atoms with van der Waals surface area (Å²) in [6.07, 6.45) is 1.67. The second-order valence-electron chi connectivity index (χ2n) is 4.26. The van der Waals surface area contributed by atoms with Gasteiger partial charge in [-0.2, -0.15) is 0 Å². The zero-order valence-electron chi connectivity index (χ0n) is 10.7. The van der Waals surface area contributed by atoms with Gasteiger partial charge in [-0.3, -0.25) is 9.78 Å². The Morgan fingerprint density at radius 3 is 3.05 bits per heavy atom. The van der Waals surface area contributed by atoms with Crippen molar-refractivity contribution in [3.05, 3.63) is 39.3 Å². The molecule has 0 saturated heterocycles. The Bertz CT molecular complexity index is 778. The highest BCUT2D eigenvalue weighted by atomic mass is 32.1. The van der Waals surface area contributed by atoms with E-state index in [0.717, 1.165) is 15.4 Å². The second kappa shape index (κ2) is 5.18.